The summed E-state index contributed by atoms with van der Waals surface area (Å²) in [4.78, 5) is 23.7. The van der Waals surface area contributed by atoms with Gasteiger partial charge in [-0.05, 0) is 12.1 Å². The van der Waals surface area contributed by atoms with Gasteiger partial charge in [-0.3, -0.25) is 14.9 Å². The summed E-state index contributed by atoms with van der Waals surface area (Å²) < 4.78 is 17.9. The van der Waals surface area contributed by atoms with Gasteiger partial charge in [0.25, 0.3) is 11.6 Å². The number of carbonyl (C=O) groups is 1. The molecule has 0 fully saturated rings. The molecule has 0 heterocycles. The lowest BCUT2D eigenvalue weighted by Gasteiger charge is -2.21. The van der Waals surface area contributed by atoms with Crippen molar-refractivity contribution < 1.29 is 18.8 Å². The number of nitro benzene ring substituents is 1. The molecule has 0 saturated carbocycles. The van der Waals surface area contributed by atoms with Crippen molar-refractivity contribution >= 4 is 11.6 Å². The van der Waals surface area contributed by atoms with Crippen LogP contribution in [0.25, 0.3) is 0 Å². The van der Waals surface area contributed by atoms with Gasteiger partial charge in [-0.1, -0.05) is 0 Å². The lowest BCUT2D eigenvalue weighted by Crippen LogP contribution is -2.35. The van der Waals surface area contributed by atoms with E-state index in [-0.39, 0.29) is 31.7 Å². The zero-order valence-electron chi connectivity index (χ0n) is 11.4. The number of nitriles is 1. The van der Waals surface area contributed by atoms with Gasteiger partial charge in [0.2, 0.25) is 0 Å². The largest absolute Gasteiger partial charge is 0.383 e. The van der Waals surface area contributed by atoms with E-state index in [9.17, 15) is 19.3 Å². The first-order valence-electron chi connectivity index (χ1n) is 6.10. The van der Waals surface area contributed by atoms with Crippen molar-refractivity contribution in [3.63, 3.8) is 0 Å². The van der Waals surface area contributed by atoms with Crippen LogP contribution in [0.1, 0.15) is 16.8 Å². The smallest absolute Gasteiger partial charge is 0.285 e. The van der Waals surface area contributed by atoms with Crippen LogP contribution >= 0.6 is 0 Å². The fraction of sp³-hybridized carbons (Fsp3) is 0.385. The van der Waals surface area contributed by atoms with Crippen LogP contribution in [0.15, 0.2) is 18.2 Å². The van der Waals surface area contributed by atoms with Crippen molar-refractivity contribution in [3.05, 3.63) is 39.7 Å². The summed E-state index contributed by atoms with van der Waals surface area (Å²) in [5.74, 6) is -1.42. The minimum absolute atomic E-state index is 0.0877. The number of hydrogen-bond donors (Lipinski definition) is 0. The molecule has 0 spiro atoms. The van der Waals surface area contributed by atoms with Crippen LogP contribution in [-0.2, 0) is 4.74 Å². The SMILES string of the molecule is COCCN(CCC#N)C(=O)c1ccc(F)cc1[N+](=O)[O-]. The highest BCUT2D eigenvalue weighted by Crippen LogP contribution is 2.21. The van der Waals surface area contributed by atoms with Crippen molar-refractivity contribution in [2.24, 2.45) is 0 Å². The molecule has 8 heteroatoms. The number of halogens is 1. The summed E-state index contributed by atoms with van der Waals surface area (Å²) in [5.41, 5.74) is -0.810. The Bertz CT molecular complexity index is 571. The van der Waals surface area contributed by atoms with Crippen LogP contribution in [0.2, 0.25) is 0 Å². The number of carbonyl (C=O) groups excluding carboxylic acids is 1. The van der Waals surface area contributed by atoms with Crippen LogP contribution in [0.5, 0.6) is 0 Å². The maximum atomic E-state index is 13.1. The standard InChI is InChI=1S/C13H14FN3O4/c1-21-8-7-16(6-2-5-15)13(18)11-4-3-10(14)9-12(11)17(19)20/h3-4,9H,2,6-8H2,1H3. The number of benzene rings is 1. The minimum atomic E-state index is -0.810. The second-order valence-corrected chi connectivity index (χ2v) is 4.11. The fourth-order valence-corrected chi connectivity index (χ4v) is 1.71. The molecule has 0 bridgehead atoms. The van der Waals surface area contributed by atoms with Crippen molar-refractivity contribution in [2.75, 3.05) is 26.8 Å². The number of nitrogens with zero attached hydrogens (tertiary/aromatic N) is 3. The highest BCUT2D eigenvalue weighted by molar-refractivity contribution is 5.98. The Hall–Kier alpha value is -2.53. The molecule has 112 valence electrons. The summed E-state index contributed by atoms with van der Waals surface area (Å²) in [6, 6.07) is 4.66. The second kappa shape index (κ2) is 7.91. The molecule has 0 atom stereocenters. The van der Waals surface area contributed by atoms with Gasteiger partial charge < -0.3 is 9.64 Å². The van der Waals surface area contributed by atoms with E-state index in [2.05, 4.69) is 0 Å². The van der Waals surface area contributed by atoms with Gasteiger partial charge in [0.1, 0.15) is 11.4 Å². The van der Waals surface area contributed by atoms with E-state index < -0.39 is 22.3 Å². The molecule has 0 aromatic heterocycles. The molecule has 7 nitrogen and oxygen atoms in total. The zero-order valence-corrected chi connectivity index (χ0v) is 11.4. The van der Waals surface area contributed by atoms with Crippen LogP contribution in [0, 0.1) is 27.3 Å². The molecular formula is C13H14FN3O4. The van der Waals surface area contributed by atoms with Crippen LogP contribution < -0.4 is 0 Å². The van der Waals surface area contributed by atoms with E-state index in [0.29, 0.717) is 6.07 Å². The van der Waals surface area contributed by atoms with Gasteiger partial charge in [0.15, 0.2) is 0 Å². The first kappa shape index (κ1) is 16.5. The number of ether oxygens (including phenoxy) is 1. The Kier molecular flexibility index (Phi) is 6.23. The molecule has 0 aliphatic heterocycles. The third-order valence-corrected chi connectivity index (χ3v) is 2.73. The number of nitro groups is 1. The Morgan fingerprint density at radius 1 is 1.52 bits per heavy atom. The molecule has 1 amide bonds. The number of hydrogen-bond acceptors (Lipinski definition) is 5. The zero-order chi connectivity index (χ0) is 15.8. The van der Waals surface area contributed by atoms with Crippen molar-refractivity contribution in [1.82, 2.24) is 4.90 Å². The summed E-state index contributed by atoms with van der Waals surface area (Å²) in [5, 5.41) is 19.5. The maximum Gasteiger partial charge on any atom is 0.285 e. The fourth-order valence-electron chi connectivity index (χ4n) is 1.71. The van der Waals surface area contributed by atoms with Crippen LogP contribution in [0.3, 0.4) is 0 Å². The van der Waals surface area contributed by atoms with Gasteiger partial charge in [0, 0.05) is 20.2 Å². The number of methoxy groups -OCH3 is 1. The third kappa shape index (κ3) is 4.50. The van der Waals surface area contributed by atoms with E-state index in [1.165, 1.54) is 12.0 Å². The van der Waals surface area contributed by atoms with E-state index in [1.807, 2.05) is 6.07 Å². The second-order valence-electron chi connectivity index (χ2n) is 4.11. The van der Waals surface area contributed by atoms with Gasteiger partial charge in [-0.25, -0.2) is 4.39 Å². The predicted octanol–water partition coefficient (Wildman–Crippen LogP) is 1.74. The summed E-state index contributed by atoms with van der Waals surface area (Å²) in [7, 11) is 1.45. The van der Waals surface area contributed by atoms with Crippen molar-refractivity contribution in [3.8, 4) is 6.07 Å². The van der Waals surface area contributed by atoms with E-state index >= 15 is 0 Å². The minimum Gasteiger partial charge on any atom is -0.383 e. The average Bonchev–Trinajstić information content (AvgIpc) is 2.46. The highest BCUT2D eigenvalue weighted by Gasteiger charge is 2.25. The summed E-state index contributed by atoms with van der Waals surface area (Å²) in [6.45, 7) is 0.533. The molecule has 21 heavy (non-hydrogen) atoms. The Morgan fingerprint density at radius 3 is 2.81 bits per heavy atom. The van der Waals surface area contributed by atoms with E-state index in [1.54, 1.807) is 0 Å². The monoisotopic (exact) mass is 295 g/mol. The summed E-state index contributed by atoms with van der Waals surface area (Å²) >= 11 is 0. The Balaban J connectivity index is 3.07. The Morgan fingerprint density at radius 2 is 2.24 bits per heavy atom. The lowest BCUT2D eigenvalue weighted by atomic mass is 10.1. The van der Waals surface area contributed by atoms with Crippen LogP contribution in [0.4, 0.5) is 10.1 Å². The normalized spacial score (nSPS) is 9.95. The molecule has 1 aromatic carbocycles. The first-order valence-corrected chi connectivity index (χ1v) is 6.10. The molecule has 0 unspecified atom stereocenters. The topological polar surface area (TPSA) is 96.5 Å². The molecule has 1 aromatic rings. The molecule has 0 aliphatic carbocycles. The maximum absolute atomic E-state index is 13.1. The summed E-state index contributed by atoms with van der Waals surface area (Å²) in [6.07, 6.45) is 0.0877. The van der Waals surface area contributed by atoms with Crippen LogP contribution in [-0.4, -0.2) is 42.5 Å². The van der Waals surface area contributed by atoms with Gasteiger partial charge >= 0.3 is 0 Å². The molecule has 0 N–H and O–H groups in total. The number of amides is 1. The first-order chi connectivity index (χ1) is 10.0. The van der Waals surface area contributed by atoms with Gasteiger partial charge in [-0.15, -0.1) is 0 Å². The van der Waals surface area contributed by atoms with Crippen molar-refractivity contribution in [1.29, 1.82) is 5.26 Å². The lowest BCUT2D eigenvalue weighted by molar-refractivity contribution is -0.385. The third-order valence-electron chi connectivity index (χ3n) is 2.73. The van der Waals surface area contributed by atoms with E-state index in [4.69, 9.17) is 10.00 Å². The van der Waals surface area contributed by atoms with Gasteiger partial charge in [0.05, 0.1) is 30.1 Å². The molecule has 0 saturated heterocycles. The molecular weight excluding hydrogens is 281 g/mol. The average molecular weight is 295 g/mol. The molecule has 0 aliphatic rings. The van der Waals surface area contributed by atoms with E-state index in [0.717, 1.165) is 12.1 Å². The number of rotatable bonds is 7. The quantitative estimate of drug-likeness (QED) is 0.563. The Labute approximate surface area is 120 Å². The molecule has 0 radical (unpaired) electrons. The molecule has 1 rings (SSSR count). The van der Waals surface area contributed by atoms with Crippen molar-refractivity contribution in [2.45, 2.75) is 6.42 Å². The van der Waals surface area contributed by atoms with Gasteiger partial charge in [-0.2, -0.15) is 5.26 Å². The highest BCUT2D eigenvalue weighted by atomic mass is 19.1. The predicted molar refractivity (Wildman–Crippen MR) is 71.1 cm³/mol.